The van der Waals surface area contributed by atoms with Crippen molar-refractivity contribution in [3.8, 4) is 16.9 Å². The number of hydrogen-bond acceptors (Lipinski definition) is 5. The average Bonchev–Trinajstić information content (AvgIpc) is 3.36. The summed E-state index contributed by atoms with van der Waals surface area (Å²) >= 11 is 0. The maximum atomic E-state index is 13.5. The molecule has 0 saturated heterocycles. The quantitative estimate of drug-likeness (QED) is 0.198. The van der Waals surface area contributed by atoms with Crippen molar-refractivity contribution in [1.82, 2.24) is 14.5 Å². The van der Waals surface area contributed by atoms with E-state index in [0.717, 1.165) is 17.7 Å². The van der Waals surface area contributed by atoms with E-state index in [1.165, 1.54) is 29.1 Å². The second-order valence-corrected chi connectivity index (χ2v) is 10.7. The molecule has 2 N–H and O–H groups in total. The molecule has 0 unspecified atom stereocenters. The van der Waals surface area contributed by atoms with Gasteiger partial charge in [0.1, 0.15) is 12.4 Å². The van der Waals surface area contributed by atoms with Crippen molar-refractivity contribution in [2.45, 2.75) is 31.8 Å². The van der Waals surface area contributed by atoms with E-state index >= 15 is 0 Å². The Morgan fingerprint density at radius 2 is 1.75 bits per heavy atom. The zero-order valence-electron chi connectivity index (χ0n) is 21.9. The number of carbonyl (C=O) groups excluding carboxylic acids is 1. The third-order valence-corrected chi connectivity index (χ3v) is 7.53. The molecule has 0 bridgehead atoms. The molecule has 0 aliphatic carbocycles. The fourth-order valence-corrected chi connectivity index (χ4v) is 5.05. The van der Waals surface area contributed by atoms with Gasteiger partial charge in [-0.2, -0.15) is 23.0 Å². The standard InChI is InChI=1S/C28H27F3N4O4S/c1-4-39-17-32-40(37,38)25-15-22(13-10-19(25)3)33-27(36)24-16-35(23-7-5-6-21(14-23)28(29,30)31)34-26(24)20-11-8-18(2)9-12-20/h5-16,32H,4,17H2,1-3H3,(H,33,36). The van der Waals surface area contributed by atoms with E-state index in [-0.39, 0.29) is 34.3 Å². The van der Waals surface area contributed by atoms with Gasteiger partial charge >= 0.3 is 6.18 Å². The van der Waals surface area contributed by atoms with Crippen molar-refractivity contribution in [2.24, 2.45) is 0 Å². The van der Waals surface area contributed by atoms with Gasteiger partial charge in [-0.3, -0.25) is 4.79 Å². The largest absolute Gasteiger partial charge is 0.416 e. The van der Waals surface area contributed by atoms with Gasteiger partial charge in [-0.15, -0.1) is 0 Å². The lowest BCUT2D eigenvalue weighted by molar-refractivity contribution is -0.137. The SMILES string of the molecule is CCOCNS(=O)(=O)c1cc(NC(=O)c2cn(-c3cccc(C(F)(F)F)c3)nc2-c2ccc(C)cc2)ccc1C. The second-order valence-electron chi connectivity index (χ2n) is 8.97. The molecule has 0 spiro atoms. The Labute approximate surface area is 229 Å². The summed E-state index contributed by atoms with van der Waals surface area (Å²) in [6, 6.07) is 16.2. The molecule has 4 aromatic rings. The molecule has 3 aromatic carbocycles. The molecule has 0 radical (unpaired) electrons. The second kappa shape index (κ2) is 11.6. The molecule has 1 heterocycles. The molecule has 0 atom stereocenters. The third kappa shape index (κ3) is 6.58. The molecule has 0 aliphatic heterocycles. The Balaban J connectivity index is 1.72. The number of aromatic nitrogens is 2. The fourth-order valence-electron chi connectivity index (χ4n) is 3.89. The number of aryl methyl sites for hydroxylation is 2. The van der Waals surface area contributed by atoms with Crippen molar-refractivity contribution in [1.29, 1.82) is 0 Å². The van der Waals surface area contributed by atoms with Gasteiger partial charge < -0.3 is 10.1 Å². The van der Waals surface area contributed by atoms with Crippen LogP contribution in [-0.4, -0.2) is 37.4 Å². The van der Waals surface area contributed by atoms with Gasteiger partial charge in [0.05, 0.1) is 21.7 Å². The molecule has 0 fully saturated rings. The first-order chi connectivity index (χ1) is 18.9. The highest BCUT2D eigenvalue weighted by molar-refractivity contribution is 7.89. The van der Waals surface area contributed by atoms with Crippen LogP contribution in [0.15, 0.2) is 77.8 Å². The minimum Gasteiger partial charge on any atom is -0.366 e. The number of sulfonamides is 1. The highest BCUT2D eigenvalue weighted by Crippen LogP contribution is 2.31. The van der Waals surface area contributed by atoms with Crippen molar-refractivity contribution in [3.05, 3.63) is 95.2 Å². The number of hydrogen-bond donors (Lipinski definition) is 2. The molecule has 0 saturated carbocycles. The number of nitrogens with zero attached hydrogens (tertiary/aromatic N) is 2. The lowest BCUT2D eigenvalue weighted by Gasteiger charge is -2.12. The van der Waals surface area contributed by atoms with Crippen LogP contribution in [0.3, 0.4) is 0 Å². The number of rotatable bonds is 9. The zero-order chi connectivity index (χ0) is 29.1. The Hall–Kier alpha value is -4.00. The van der Waals surface area contributed by atoms with Crippen LogP contribution >= 0.6 is 0 Å². The third-order valence-electron chi connectivity index (χ3n) is 6.01. The Morgan fingerprint density at radius 3 is 2.42 bits per heavy atom. The number of ether oxygens (including phenoxy) is 1. The predicted octanol–water partition coefficient (Wildman–Crippen LogP) is 5.70. The van der Waals surface area contributed by atoms with Gasteiger partial charge in [0.15, 0.2) is 0 Å². The molecular formula is C28H27F3N4O4S. The predicted molar refractivity (Wildman–Crippen MR) is 145 cm³/mol. The Kier molecular flexibility index (Phi) is 8.43. The highest BCUT2D eigenvalue weighted by Gasteiger charge is 2.31. The van der Waals surface area contributed by atoms with Gasteiger partial charge in [0, 0.05) is 24.1 Å². The summed E-state index contributed by atoms with van der Waals surface area (Å²) in [4.78, 5) is 13.4. The van der Waals surface area contributed by atoms with Crippen molar-refractivity contribution in [2.75, 3.05) is 18.7 Å². The maximum absolute atomic E-state index is 13.5. The minimum atomic E-state index is -4.55. The van der Waals surface area contributed by atoms with Gasteiger partial charge in [-0.05, 0) is 56.7 Å². The van der Waals surface area contributed by atoms with Crippen LogP contribution < -0.4 is 10.0 Å². The molecule has 1 aromatic heterocycles. The van der Waals surface area contributed by atoms with E-state index in [9.17, 15) is 26.4 Å². The molecule has 1 amide bonds. The van der Waals surface area contributed by atoms with Crippen molar-refractivity contribution in [3.63, 3.8) is 0 Å². The van der Waals surface area contributed by atoms with Gasteiger partial charge in [-0.1, -0.05) is 42.0 Å². The molecule has 4 rings (SSSR count). The number of carbonyl (C=O) groups is 1. The minimum absolute atomic E-state index is 0.0385. The van der Waals surface area contributed by atoms with Gasteiger partial charge in [0.25, 0.3) is 5.91 Å². The first kappa shape index (κ1) is 29.0. The van der Waals surface area contributed by atoms with Crippen LogP contribution in [0, 0.1) is 13.8 Å². The zero-order valence-corrected chi connectivity index (χ0v) is 22.7. The average molecular weight is 573 g/mol. The molecule has 40 heavy (non-hydrogen) atoms. The monoisotopic (exact) mass is 572 g/mol. The summed E-state index contributed by atoms with van der Waals surface area (Å²) in [6.45, 7) is 5.37. The molecule has 8 nitrogen and oxygen atoms in total. The first-order valence-corrected chi connectivity index (χ1v) is 13.7. The summed E-state index contributed by atoms with van der Waals surface area (Å²) in [7, 11) is -3.92. The molecular weight excluding hydrogens is 545 g/mol. The number of benzene rings is 3. The molecule has 210 valence electrons. The normalized spacial score (nSPS) is 11.9. The summed E-state index contributed by atoms with van der Waals surface area (Å²) in [6.07, 6.45) is -3.21. The van der Waals surface area contributed by atoms with Crippen molar-refractivity contribution >= 4 is 21.6 Å². The Morgan fingerprint density at radius 1 is 1.02 bits per heavy atom. The summed E-state index contributed by atoms with van der Waals surface area (Å²) in [5, 5.41) is 7.14. The summed E-state index contributed by atoms with van der Waals surface area (Å²) < 4.78 is 74.1. The number of alkyl halides is 3. The first-order valence-electron chi connectivity index (χ1n) is 12.2. The summed E-state index contributed by atoms with van der Waals surface area (Å²) in [5.41, 5.74) is 1.80. The van der Waals surface area contributed by atoms with Crippen LogP contribution in [0.4, 0.5) is 18.9 Å². The van der Waals surface area contributed by atoms with Crippen LogP contribution in [0.25, 0.3) is 16.9 Å². The van der Waals surface area contributed by atoms with Crippen LogP contribution in [0.1, 0.15) is 34.0 Å². The van der Waals surface area contributed by atoms with E-state index < -0.39 is 27.7 Å². The maximum Gasteiger partial charge on any atom is 0.416 e. The number of halogens is 3. The number of nitrogens with one attached hydrogen (secondary N) is 2. The van der Waals surface area contributed by atoms with E-state index in [0.29, 0.717) is 17.7 Å². The molecule has 0 aliphatic rings. The highest BCUT2D eigenvalue weighted by atomic mass is 32.2. The lowest BCUT2D eigenvalue weighted by atomic mass is 10.1. The van der Waals surface area contributed by atoms with Crippen LogP contribution in [0.2, 0.25) is 0 Å². The fraction of sp³-hybridized carbons (Fsp3) is 0.214. The van der Waals surface area contributed by atoms with Gasteiger partial charge in [0.2, 0.25) is 10.0 Å². The van der Waals surface area contributed by atoms with E-state index in [1.54, 1.807) is 38.1 Å². The van der Waals surface area contributed by atoms with E-state index in [2.05, 4.69) is 15.1 Å². The smallest absolute Gasteiger partial charge is 0.366 e. The van der Waals surface area contributed by atoms with E-state index in [4.69, 9.17) is 4.74 Å². The number of anilines is 1. The van der Waals surface area contributed by atoms with E-state index in [1.807, 2.05) is 19.1 Å². The van der Waals surface area contributed by atoms with Crippen LogP contribution in [0.5, 0.6) is 0 Å². The summed E-state index contributed by atoms with van der Waals surface area (Å²) in [5.74, 6) is -0.622. The topological polar surface area (TPSA) is 102 Å². The molecule has 12 heteroatoms. The van der Waals surface area contributed by atoms with Gasteiger partial charge in [-0.25, -0.2) is 13.1 Å². The number of amides is 1. The van der Waals surface area contributed by atoms with Crippen LogP contribution in [-0.2, 0) is 20.9 Å². The lowest BCUT2D eigenvalue weighted by Crippen LogP contribution is -2.27. The Bertz CT molecular complexity index is 1630. The van der Waals surface area contributed by atoms with Crippen molar-refractivity contribution < 1.29 is 31.1 Å².